The van der Waals surface area contributed by atoms with Crippen LogP contribution in [-0.4, -0.2) is 35.9 Å². The summed E-state index contributed by atoms with van der Waals surface area (Å²) < 4.78 is 0. The average molecular weight is 345 g/mol. The minimum Gasteiger partial charge on any atom is -0.355 e. The predicted molar refractivity (Wildman–Crippen MR) is 98.3 cm³/mol. The molecule has 1 aromatic carbocycles. The van der Waals surface area contributed by atoms with Crippen LogP contribution in [0.15, 0.2) is 35.9 Å². The lowest BCUT2D eigenvalue weighted by molar-refractivity contribution is -0.384. The molecular formula is C19H27N3O3. The molecule has 0 heterocycles. The zero-order valence-electron chi connectivity index (χ0n) is 15.0. The first-order valence-corrected chi connectivity index (χ1v) is 8.86. The quantitative estimate of drug-likeness (QED) is 0.444. The number of nitrogens with one attached hydrogen (secondary N) is 1. The standard InChI is InChI=1S/C19H27N3O3/c1-15(17-9-6-10-18(13-17)22(24)25)21(2)14-19(23)20-12-11-16-7-4-3-5-8-16/h6-7,9-10,13,15H,3-5,8,11-12,14H2,1-2H3,(H,20,23)/t15-/m1/s1. The summed E-state index contributed by atoms with van der Waals surface area (Å²) in [5.74, 6) is -0.0174. The lowest BCUT2D eigenvalue weighted by Gasteiger charge is -2.24. The molecule has 0 aliphatic heterocycles. The molecule has 136 valence electrons. The molecule has 25 heavy (non-hydrogen) atoms. The van der Waals surface area contributed by atoms with E-state index in [1.54, 1.807) is 12.1 Å². The van der Waals surface area contributed by atoms with E-state index in [1.165, 1.54) is 24.5 Å². The first kappa shape index (κ1) is 19.1. The maximum Gasteiger partial charge on any atom is 0.269 e. The van der Waals surface area contributed by atoms with Gasteiger partial charge < -0.3 is 5.32 Å². The van der Waals surface area contributed by atoms with Gasteiger partial charge in [0.15, 0.2) is 0 Å². The van der Waals surface area contributed by atoms with Crippen LogP contribution in [0.25, 0.3) is 0 Å². The summed E-state index contributed by atoms with van der Waals surface area (Å²) >= 11 is 0. The van der Waals surface area contributed by atoms with E-state index in [-0.39, 0.29) is 24.2 Å². The number of hydrogen-bond acceptors (Lipinski definition) is 4. The fourth-order valence-electron chi connectivity index (χ4n) is 3.07. The number of allylic oxidation sites excluding steroid dienone is 1. The molecule has 0 saturated carbocycles. The van der Waals surface area contributed by atoms with Crippen LogP contribution >= 0.6 is 0 Å². The van der Waals surface area contributed by atoms with E-state index < -0.39 is 4.92 Å². The van der Waals surface area contributed by atoms with Gasteiger partial charge in [0, 0.05) is 24.7 Å². The highest BCUT2D eigenvalue weighted by Gasteiger charge is 2.17. The Hall–Kier alpha value is -2.21. The van der Waals surface area contributed by atoms with Gasteiger partial charge in [0.2, 0.25) is 5.91 Å². The highest BCUT2D eigenvalue weighted by atomic mass is 16.6. The van der Waals surface area contributed by atoms with Gasteiger partial charge in [-0.25, -0.2) is 0 Å². The average Bonchev–Trinajstić information content (AvgIpc) is 2.62. The monoisotopic (exact) mass is 345 g/mol. The first-order chi connectivity index (χ1) is 12.0. The molecule has 0 unspecified atom stereocenters. The molecular weight excluding hydrogens is 318 g/mol. The number of likely N-dealkylation sites (N-methyl/N-ethyl adjacent to an activating group) is 1. The largest absolute Gasteiger partial charge is 0.355 e. The molecule has 1 amide bonds. The van der Waals surface area contributed by atoms with E-state index in [0.29, 0.717) is 6.54 Å². The molecule has 6 heteroatoms. The van der Waals surface area contributed by atoms with Gasteiger partial charge in [-0.1, -0.05) is 23.8 Å². The van der Waals surface area contributed by atoms with Crippen LogP contribution in [0.5, 0.6) is 0 Å². The van der Waals surface area contributed by atoms with Gasteiger partial charge in [-0.05, 0) is 51.6 Å². The van der Waals surface area contributed by atoms with Crippen LogP contribution in [0.4, 0.5) is 5.69 Å². The molecule has 2 rings (SSSR count). The predicted octanol–water partition coefficient (Wildman–Crippen LogP) is 3.59. The number of carbonyl (C=O) groups is 1. The van der Waals surface area contributed by atoms with Crippen LogP contribution < -0.4 is 5.32 Å². The Balaban J connectivity index is 1.80. The third-order valence-corrected chi connectivity index (χ3v) is 4.77. The lowest BCUT2D eigenvalue weighted by Crippen LogP contribution is -2.36. The number of nitrogens with zero attached hydrogens (tertiary/aromatic N) is 2. The van der Waals surface area contributed by atoms with Crippen LogP contribution in [0.1, 0.15) is 50.6 Å². The Labute approximate surface area is 149 Å². The minimum atomic E-state index is -0.400. The summed E-state index contributed by atoms with van der Waals surface area (Å²) in [6.45, 7) is 2.88. The van der Waals surface area contributed by atoms with Crippen molar-refractivity contribution in [2.75, 3.05) is 20.1 Å². The van der Waals surface area contributed by atoms with E-state index in [4.69, 9.17) is 0 Å². The summed E-state index contributed by atoms with van der Waals surface area (Å²) in [4.78, 5) is 24.5. The molecule has 0 saturated heterocycles. The van der Waals surface area contributed by atoms with Crippen molar-refractivity contribution in [3.63, 3.8) is 0 Å². The normalized spacial score (nSPS) is 15.6. The molecule has 1 N–H and O–H groups in total. The number of carbonyl (C=O) groups excluding carboxylic acids is 1. The van der Waals surface area contributed by atoms with E-state index in [1.807, 2.05) is 24.9 Å². The van der Waals surface area contributed by atoms with Crippen molar-refractivity contribution in [3.8, 4) is 0 Å². The van der Waals surface area contributed by atoms with Gasteiger partial charge in [-0.15, -0.1) is 0 Å². The number of non-ortho nitro benzene ring substituents is 1. The molecule has 1 aliphatic carbocycles. The zero-order valence-corrected chi connectivity index (χ0v) is 15.0. The highest BCUT2D eigenvalue weighted by Crippen LogP contribution is 2.23. The number of amides is 1. The molecule has 0 radical (unpaired) electrons. The number of hydrogen-bond donors (Lipinski definition) is 1. The zero-order chi connectivity index (χ0) is 18.2. The molecule has 1 aromatic rings. The smallest absolute Gasteiger partial charge is 0.269 e. The van der Waals surface area contributed by atoms with E-state index in [2.05, 4.69) is 11.4 Å². The lowest BCUT2D eigenvalue weighted by atomic mass is 9.97. The van der Waals surface area contributed by atoms with Gasteiger partial charge in [0.25, 0.3) is 5.69 Å². The van der Waals surface area contributed by atoms with Gasteiger partial charge in [0.05, 0.1) is 11.5 Å². The van der Waals surface area contributed by atoms with Crippen LogP contribution in [0.3, 0.4) is 0 Å². The Kier molecular flexibility index (Phi) is 7.13. The number of rotatable bonds is 8. The van der Waals surface area contributed by atoms with Crippen LogP contribution in [0.2, 0.25) is 0 Å². The van der Waals surface area contributed by atoms with Crippen molar-refractivity contribution in [3.05, 3.63) is 51.6 Å². The third-order valence-electron chi connectivity index (χ3n) is 4.77. The maximum absolute atomic E-state index is 12.1. The summed E-state index contributed by atoms with van der Waals surface area (Å²) in [5, 5.41) is 13.9. The Morgan fingerprint density at radius 1 is 1.40 bits per heavy atom. The summed E-state index contributed by atoms with van der Waals surface area (Å²) in [6, 6.07) is 6.49. The molecule has 0 bridgehead atoms. The van der Waals surface area contributed by atoms with Crippen LogP contribution in [-0.2, 0) is 4.79 Å². The molecule has 0 aromatic heterocycles. The Morgan fingerprint density at radius 3 is 2.88 bits per heavy atom. The highest BCUT2D eigenvalue weighted by molar-refractivity contribution is 5.78. The fraction of sp³-hybridized carbons (Fsp3) is 0.526. The van der Waals surface area contributed by atoms with Gasteiger partial charge in [-0.2, -0.15) is 0 Å². The van der Waals surface area contributed by atoms with E-state index >= 15 is 0 Å². The molecule has 6 nitrogen and oxygen atoms in total. The van der Waals surface area contributed by atoms with E-state index in [0.717, 1.165) is 24.8 Å². The molecule has 1 atom stereocenters. The second-order valence-electron chi connectivity index (χ2n) is 6.65. The van der Waals surface area contributed by atoms with Gasteiger partial charge >= 0.3 is 0 Å². The maximum atomic E-state index is 12.1. The first-order valence-electron chi connectivity index (χ1n) is 8.86. The van der Waals surface area contributed by atoms with Crippen LogP contribution in [0, 0.1) is 10.1 Å². The number of nitro groups is 1. The van der Waals surface area contributed by atoms with Gasteiger partial charge in [-0.3, -0.25) is 19.8 Å². The fourth-order valence-corrected chi connectivity index (χ4v) is 3.07. The molecule has 0 fully saturated rings. The van der Waals surface area contributed by atoms with Crippen molar-refractivity contribution < 1.29 is 9.72 Å². The Bertz CT molecular complexity index is 643. The molecule has 1 aliphatic rings. The topological polar surface area (TPSA) is 75.5 Å². The number of nitro benzene ring substituents is 1. The van der Waals surface area contributed by atoms with Crippen molar-refractivity contribution in [2.45, 2.75) is 45.1 Å². The Morgan fingerprint density at radius 2 is 2.20 bits per heavy atom. The number of benzene rings is 1. The van der Waals surface area contributed by atoms with Crippen molar-refractivity contribution in [2.24, 2.45) is 0 Å². The summed E-state index contributed by atoms with van der Waals surface area (Å²) in [5.41, 5.74) is 2.35. The summed E-state index contributed by atoms with van der Waals surface area (Å²) in [6.07, 6.45) is 8.06. The second-order valence-corrected chi connectivity index (χ2v) is 6.65. The van der Waals surface area contributed by atoms with Crippen molar-refractivity contribution >= 4 is 11.6 Å². The van der Waals surface area contributed by atoms with Crippen molar-refractivity contribution in [1.82, 2.24) is 10.2 Å². The van der Waals surface area contributed by atoms with Gasteiger partial charge in [0.1, 0.15) is 0 Å². The third kappa shape index (κ3) is 5.98. The SMILES string of the molecule is C[C@H](c1cccc([N+](=O)[O-])c1)N(C)CC(=O)NCCC1=CCCCC1. The molecule has 0 spiro atoms. The minimum absolute atomic E-state index is 0.0174. The summed E-state index contributed by atoms with van der Waals surface area (Å²) in [7, 11) is 1.85. The van der Waals surface area contributed by atoms with E-state index in [9.17, 15) is 14.9 Å². The van der Waals surface area contributed by atoms with Crippen molar-refractivity contribution in [1.29, 1.82) is 0 Å². The second kappa shape index (κ2) is 9.32.